The number of amides is 2. The van der Waals surface area contributed by atoms with Gasteiger partial charge in [-0.2, -0.15) is 0 Å². The highest BCUT2D eigenvalue weighted by Gasteiger charge is 2.36. The Balaban J connectivity index is 1.33. The molecule has 1 saturated heterocycles. The number of carbonyl (C=O) groups is 2. The monoisotopic (exact) mass is 568 g/mol. The van der Waals surface area contributed by atoms with Gasteiger partial charge in [0.25, 0.3) is 5.91 Å². The van der Waals surface area contributed by atoms with E-state index in [1.165, 1.54) is 7.11 Å². The number of anilines is 1. The Bertz CT molecular complexity index is 1390. The summed E-state index contributed by atoms with van der Waals surface area (Å²) < 4.78 is 13.0. The number of carbonyl (C=O) groups excluding carboxylic acids is 2. The van der Waals surface area contributed by atoms with Crippen molar-refractivity contribution in [2.24, 2.45) is 5.73 Å². The number of nitrogens with two attached hydrogens (primary N) is 1. The molecule has 0 saturated carbocycles. The summed E-state index contributed by atoms with van der Waals surface area (Å²) in [6.07, 6.45) is 3.97. The molecule has 218 valence electrons. The molecule has 1 aliphatic heterocycles. The van der Waals surface area contributed by atoms with Crippen molar-refractivity contribution in [3.8, 4) is 0 Å². The number of benzene rings is 3. The van der Waals surface area contributed by atoms with Crippen LogP contribution in [-0.2, 0) is 27.2 Å². The predicted octanol–water partition coefficient (Wildman–Crippen LogP) is 3.53. The van der Waals surface area contributed by atoms with Gasteiger partial charge in [-0.25, -0.2) is 9.69 Å². The molecule has 2 amide bonds. The van der Waals surface area contributed by atoms with Crippen LogP contribution < -0.4 is 16.0 Å². The molecule has 0 unspecified atom stereocenters. The minimum absolute atomic E-state index is 0.0184. The Labute approximate surface area is 245 Å². The number of nitrogens with zero attached hydrogens (tertiary/aromatic N) is 4. The Morgan fingerprint density at radius 2 is 1.71 bits per heavy atom. The van der Waals surface area contributed by atoms with Crippen molar-refractivity contribution in [1.29, 1.82) is 0 Å². The number of nitrogens with one attached hydrogen (secondary N) is 1. The highest BCUT2D eigenvalue weighted by molar-refractivity contribution is 6.15. The van der Waals surface area contributed by atoms with Crippen LogP contribution in [0.15, 0.2) is 97.3 Å². The molecule has 0 spiro atoms. The smallest absolute Gasteiger partial charge is 0.420 e. The van der Waals surface area contributed by atoms with Gasteiger partial charge < -0.3 is 20.5 Å². The van der Waals surface area contributed by atoms with Crippen LogP contribution in [-0.4, -0.2) is 65.4 Å². The van der Waals surface area contributed by atoms with E-state index in [1.807, 2.05) is 79.0 Å². The number of hydrogen-bond donors (Lipinski definition) is 2. The molecule has 2 heterocycles. The average Bonchev–Trinajstić information content (AvgIpc) is 3.55. The first-order valence-corrected chi connectivity index (χ1v) is 14.1. The van der Waals surface area contributed by atoms with Crippen molar-refractivity contribution >= 4 is 17.7 Å². The molecule has 0 aliphatic carbocycles. The Kier molecular flexibility index (Phi) is 9.70. The highest BCUT2D eigenvalue weighted by Crippen LogP contribution is 2.31. The van der Waals surface area contributed by atoms with E-state index in [2.05, 4.69) is 15.6 Å². The quantitative estimate of drug-likeness (QED) is 0.298. The van der Waals surface area contributed by atoms with Crippen molar-refractivity contribution < 1.29 is 19.1 Å². The standard InChI is InChI=1S/C32H36N6O4/c1-41-32(40)38(31(39)30(33)29(24-11-4-2-5-12-24)25-13-6-3-7-14-25)28-15-9-8-10-23(28)16-17-27-20-34-26(22-42-27)21-37-19-18-35-36-37/h2-15,18-19,26-27,29-30,34H,16-17,20-22,33H2,1H3/t26-,27-,30+/m1/s1. The van der Waals surface area contributed by atoms with Gasteiger partial charge in [0.2, 0.25) is 0 Å². The van der Waals surface area contributed by atoms with Gasteiger partial charge in [-0.1, -0.05) is 84.1 Å². The first-order chi connectivity index (χ1) is 20.5. The molecule has 3 atom stereocenters. The number of aromatic nitrogens is 3. The number of rotatable bonds is 10. The predicted molar refractivity (Wildman–Crippen MR) is 159 cm³/mol. The van der Waals surface area contributed by atoms with Crippen LogP contribution >= 0.6 is 0 Å². The molecule has 10 nitrogen and oxygen atoms in total. The highest BCUT2D eigenvalue weighted by atomic mass is 16.5. The number of aryl methyl sites for hydroxylation is 1. The maximum absolute atomic E-state index is 14.1. The van der Waals surface area contributed by atoms with Crippen LogP contribution in [0.1, 0.15) is 29.0 Å². The summed E-state index contributed by atoms with van der Waals surface area (Å²) >= 11 is 0. The lowest BCUT2D eigenvalue weighted by Gasteiger charge is -2.31. The first-order valence-electron chi connectivity index (χ1n) is 14.1. The first kappa shape index (κ1) is 29.1. The third-order valence-corrected chi connectivity index (χ3v) is 7.55. The van der Waals surface area contributed by atoms with Crippen molar-refractivity contribution in [2.45, 2.75) is 43.5 Å². The molecule has 1 aliphatic rings. The zero-order chi connectivity index (χ0) is 29.3. The number of imide groups is 1. The summed E-state index contributed by atoms with van der Waals surface area (Å²) in [6.45, 7) is 1.91. The molecule has 0 bridgehead atoms. The molecule has 3 aromatic carbocycles. The summed E-state index contributed by atoms with van der Waals surface area (Å²) in [4.78, 5) is 28.3. The molecule has 1 aromatic heterocycles. The summed E-state index contributed by atoms with van der Waals surface area (Å²) in [5, 5.41) is 11.4. The van der Waals surface area contributed by atoms with Crippen LogP contribution in [0.25, 0.3) is 0 Å². The number of methoxy groups -OCH3 is 1. The Morgan fingerprint density at radius 3 is 2.31 bits per heavy atom. The van der Waals surface area contributed by atoms with Crippen molar-refractivity contribution in [3.05, 3.63) is 114 Å². The minimum atomic E-state index is -1.05. The largest absolute Gasteiger partial charge is 0.452 e. The van der Waals surface area contributed by atoms with Gasteiger partial charge in [-0.3, -0.25) is 9.48 Å². The summed E-state index contributed by atoms with van der Waals surface area (Å²) in [7, 11) is 1.26. The summed E-state index contributed by atoms with van der Waals surface area (Å²) in [6, 6.07) is 25.7. The Hall–Kier alpha value is -4.38. The molecule has 0 radical (unpaired) electrons. The second-order valence-electron chi connectivity index (χ2n) is 10.3. The maximum Gasteiger partial charge on any atom is 0.420 e. The van der Waals surface area contributed by atoms with Gasteiger partial charge in [0.15, 0.2) is 0 Å². The van der Waals surface area contributed by atoms with Gasteiger partial charge >= 0.3 is 6.09 Å². The van der Waals surface area contributed by atoms with Crippen LogP contribution in [0.2, 0.25) is 0 Å². The second-order valence-corrected chi connectivity index (χ2v) is 10.3. The van der Waals surface area contributed by atoms with Crippen molar-refractivity contribution in [2.75, 3.05) is 25.2 Å². The van der Waals surface area contributed by atoms with E-state index >= 15 is 0 Å². The molecule has 1 fully saturated rings. The fourth-order valence-electron chi connectivity index (χ4n) is 5.40. The van der Waals surface area contributed by atoms with Crippen LogP contribution in [0.5, 0.6) is 0 Å². The molecule has 3 N–H and O–H groups in total. The van der Waals surface area contributed by atoms with E-state index in [4.69, 9.17) is 15.2 Å². The summed E-state index contributed by atoms with van der Waals surface area (Å²) in [5.74, 6) is -1.01. The molecular weight excluding hydrogens is 532 g/mol. The lowest BCUT2D eigenvalue weighted by atomic mass is 9.84. The minimum Gasteiger partial charge on any atom is -0.452 e. The van der Waals surface area contributed by atoms with Gasteiger partial charge in [0.05, 0.1) is 50.3 Å². The lowest BCUT2D eigenvalue weighted by Crippen LogP contribution is -2.50. The SMILES string of the molecule is COC(=O)N(C(=O)[C@@H](N)C(c1ccccc1)c1ccccc1)c1ccccc1CC[C@@H]1CN[C@H](Cn2ccnn2)CO1. The van der Waals surface area contributed by atoms with Gasteiger partial charge in [0, 0.05) is 18.7 Å². The third kappa shape index (κ3) is 6.91. The van der Waals surface area contributed by atoms with E-state index in [0.717, 1.165) is 21.6 Å². The van der Waals surface area contributed by atoms with E-state index < -0.39 is 24.0 Å². The normalized spacial score (nSPS) is 17.5. The van der Waals surface area contributed by atoms with Gasteiger partial charge in [-0.15, -0.1) is 5.10 Å². The van der Waals surface area contributed by atoms with Crippen LogP contribution in [0.4, 0.5) is 10.5 Å². The zero-order valence-electron chi connectivity index (χ0n) is 23.6. The average molecular weight is 569 g/mol. The number of ether oxygens (including phenoxy) is 2. The fraction of sp³-hybridized carbons (Fsp3) is 0.312. The lowest BCUT2D eigenvalue weighted by molar-refractivity contribution is -0.119. The fourth-order valence-corrected chi connectivity index (χ4v) is 5.40. The molecule has 42 heavy (non-hydrogen) atoms. The second kappa shape index (κ2) is 14.0. The number of hydrogen-bond acceptors (Lipinski definition) is 8. The van der Waals surface area contributed by atoms with Gasteiger partial charge in [0.1, 0.15) is 0 Å². The molecular formula is C32H36N6O4. The van der Waals surface area contributed by atoms with E-state index in [9.17, 15) is 9.59 Å². The van der Waals surface area contributed by atoms with E-state index in [1.54, 1.807) is 23.0 Å². The van der Waals surface area contributed by atoms with Crippen molar-refractivity contribution in [1.82, 2.24) is 20.3 Å². The zero-order valence-corrected chi connectivity index (χ0v) is 23.6. The number of morpholine rings is 1. The van der Waals surface area contributed by atoms with Crippen LogP contribution in [0.3, 0.4) is 0 Å². The third-order valence-electron chi connectivity index (χ3n) is 7.55. The maximum atomic E-state index is 14.1. The van der Waals surface area contributed by atoms with E-state index in [-0.39, 0.29) is 12.1 Å². The molecule has 10 heteroatoms. The molecule has 4 aromatic rings. The molecule has 5 rings (SSSR count). The Morgan fingerprint density at radius 1 is 1.05 bits per heavy atom. The number of para-hydroxylation sites is 1. The van der Waals surface area contributed by atoms with Crippen molar-refractivity contribution in [3.63, 3.8) is 0 Å². The van der Waals surface area contributed by atoms with Gasteiger partial charge in [-0.05, 0) is 35.6 Å². The topological polar surface area (TPSA) is 125 Å². The van der Waals surface area contributed by atoms with Crippen LogP contribution in [0, 0.1) is 0 Å². The van der Waals surface area contributed by atoms with E-state index in [0.29, 0.717) is 38.2 Å². The summed E-state index contributed by atoms with van der Waals surface area (Å²) in [5.41, 5.74) is 9.77.